The first kappa shape index (κ1) is 14.3. The molecular formula is C14H22N2O2S. The third kappa shape index (κ3) is 3.70. The van der Waals surface area contributed by atoms with Crippen molar-refractivity contribution in [2.45, 2.75) is 30.7 Å². The molecule has 0 aromatic heterocycles. The number of hydrogen-bond acceptors (Lipinski definition) is 4. The van der Waals surface area contributed by atoms with Gasteiger partial charge in [0, 0.05) is 31.1 Å². The lowest BCUT2D eigenvalue weighted by Gasteiger charge is -2.34. The van der Waals surface area contributed by atoms with Crippen LogP contribution in [0, 0.1) is 0 Å². The van der Waals surface area contributed by atoms with E-state index in [0.717, 1.165) is 25.3 Å². The summed E-state index contributed by atoms with van der Waals surface area (Å²) in [4.78, 5) is 2.71. The normalized spacial score (nSPS) is 20.5. The van der Waals surface area contributed by atoms with Gasteiger partial charge in [-0.25, -0.2) is 8.42 Å². The van der Waals surface area contributed by atoms with Gasteiger partial charge in [0.2, 0.25) is 0 Å². The number of rotatable bonds is 4. The van der Waals surface area contributed by atoms with Gasteiger partial charge in [-0.15, -0.1) is 0 Å². The maximum Gasteiger partial charge on any atom is 0.175 e. The van der Waals surface area contributed by atoms with Gasteiger partial charge < -0.3 is 10.2 Å². The molecule has 0 amide bonds. The molecule has 1 fully saturated rings. The van der Waals surface area contributed by atoms with Gasteiger partial charge in [0.1, 0.15) is 0 Å². The third-order valence-corrected chi connectivity index (χ3v) is 4.67. The van der Waals surface area contributed by atoms with E-state index in [0.29, 0.717) is 10.9 Å². The largest absolute Gasteiger partial charge is 0.370 e. The van der Waals surface area contributed by atoms with Crippen LogP contribution in [0.2, 0.25) is 0 Å². The highest BCUT2D eigenvalue weighted by Gasteiger charge is 2.19. The van der Waals surface area contributed by atoms with Crippen LogP contribution in [-0.2, 0) is 9.84 Å². The van der Waals surface area contributed by atoms with Crippen LogP contribution in [-0.4, -0.2) is 40.3 Å². The van der Waals surface area contributed by atoms with Gasteiger partial charge in [-0.2, -0.15) is 0 Å². The number of piperidine rings is 1. The van der Waals surface area contributed by atoms with Crippen LogP contribution in [0.5, 0.6) is 0 Å². The SMILES string of the molecule is CCNC1CCCN(c2ccc(S(C)(=O)=O)cc2)C1. The fraction of sp³-hybridized carbons (Fsp3) is 0.571. The Morgan fingerprint density at radius 3 is 2.58 bits per heavy atom. The molecule has 106 valence electrons. The smallest absolute Gasteiger partial charge is 0.175 e. The molecule has 1 saturated heterocycles. The molecule has 1 atom stereocenters. The van der Waals surface area contributed by atoms with Crippen molar-refractivity contribution in [1.29, 1.82) is 0 Å². The topological polar surface area (TPSA) is 49.4 Å². The van der Waals surface area contributed by atoms with Crippen molar-refractivity contribution in [3.63, 3.8) is 0 Å². The zero-order valence-electron chi connectivity index (χ0n) is 11.6. The summed E-state index contributed by atoms with van der Waals surface area (Å²) in [7, 11) is -3.10. The Morgan fingerprint density at radius 2 is 2.00 bits per heavy atom. The zero-order valence-corrected chi connectivity index (χ0v) is 12.4. The van der Waals surface area contributed by atoms with Crippen molar-refractivity contribution in [3.8, 4) is 0 Å². The molecule has 1 aromatic carbocycles. The molecule has 19 heavy (non-hydrogen) atoms. The van der Waals surface area contributed by atoms with Crippen LogP contribution >= 0.6 is 0 Å². The zero-order chi connectivity index (χ0) is 13.9. The summed E-state index contributed by atoms with van der Waals surface area (Å²) >= 11 is 0. The Bertz CT molecular complexity index is 509. The number of nitrogens with one attached hydrogen (secondary N) is 1. The monoisotopic (exact) mass is 282 g/mol. The van der Waals surface area contributed by atoms with E-state index in [9.17, 15) is 8.42 Å². The first-order valence-electron chi connectivity index (χ1n) is 6.79. The molecule has 5 heteroatoms. The van der Waals surface area contributed by atoms with Crippen LogP contribution in [0.1, 0.15) is 19.8 Å². The number of benzene rings is 1. The van der Waals surface area contributed by atoms with E-state index < -0.39 is 9.84 Å². The molecule has 1 aromatic rings. The highest BCUT2D eigenvalue weighted by molar-refractivity contribution is 7.90. The first-order chi connectivity index (χ1) is 9.00. The summed E-state index contributed by atoms with van der Waals surface area (Å²) in [6, 6.07) is 7.74. The molecule has 0 saturated carbocycles. The maximum absolute atomic E-state index is 11.4. The van der Waals surface area contributed by atoms with Gasteiger partial charge in [-0.05, 0) is 43.7 Å². The Labute approximate surface area is 115 Å². The molecule has 4 nitrogen and oxygen atoms in total. The number of hydrogen-bond donors (Lipinski definition) is 1. The Kier molecular flexibility index (Phi) is 4.47. The van der Waals surface area contributed by atoms with Gasteiger partial charge in [0.15, 0.2) is 9.84 Å². The predicted molar refractivity (Wildman–Crippen MR) is 78.5 cm³/mol. The average Bonchev–Trinajstić information content (AvgIpc) is 2.39. The van der Waals surface area contributed by atoms with Crippen LogP contribution in [0.25, 0.3) is 0 Å². The Balaban J connectivity index is 2.09. The Morgan fingerprint density at radius 1 is 1.32 bits per heavy atom. The molecule has 0 radical (unpaired) electrons. The van der Waals surface area contributed by atoms with Crippen molar-refractivity contribution in [3.05, 3.63) is 24.3 Å². The molecule has 0 spiro atoms. The molecule has 0 bridgehead atoms. The van der Waals surface area contributed by atoms with E-state index >= 15 is 0 Å². The van der Waals surface area contributed by atoms with Crippen LogP contribution in [0.4, 0.5) is 5.69 Å². The molecule has 0 aliphatic carbocycles. The minimum Gasteiger partial charge on any atom is -0.370 e. The number of anilines is 1. The van der Waals surface area contributed by atoms with Gasteiger partial charge in [-0.3, -0.25) is 0 Å². The molecule has 1 heterocycles. The first-order valence-corrected chi connectivity index (χ1v) is 8.68. The summed E-state index contributed by atoms with van der Waals surface area (Å²) in [5, 5.41) is 3.48. The average molecular weight is 282 g/mol. The highest BCUT2D eigenvalue weighted by Crippen LogP contribution is 2.21. The molecule has 1 aliphatic rings. The van der Waals surface area contributed by atoms with Gasteiger partial charge in [0.25, 0.3) is 0 Å². The summed E-state index contributed by atoms with van der Waals surface area (Å²) in [6.07, 6.45) is 3.63. The fourth-order valence-corrected chi connectivity index (χ4v) is 3.20. The van der Waals surface area contributed by atoms with Crippen molar-refractivity contribution in [1.82, 2.24) is 5.32 Å². The van der Waals surface area contributed by atoms with Crippen molar-refractivity contribution in [2.24, 2.45) is 0 Å². The summed E-state index contributed by atoms with van der Waals surface area (Å²) in [5.41, 5.74) is 1.11. The molecular weight excluding hydrogens is 260 g/mol. The second kappa shape index (κ2) is 5.92. The van der Waals surface area contributed by atoms with Crippen molar-refractivity contribution >= 4 is 15.5 Å². The summed E-state index contributed by atoms with van der Waals surface area (Å²) < 4.78 is 22.9. The molecule has 1 N–H and O–H groups in total. The number of likely N-dealkylation sites (N-methyl/N-ethyl adjacent to an activating group) is 1. The number of nitrogens with zero attached hydrogens (tertiary/aromatic N) is 1. The van der Waals surface area contributed by atoms with Crippen molar-refractivity contribution in [2.75, 3.05) is 30.8 Å². The van der Waals surface area contributed by atoms with Gasteiger partial charge >= 0.3 is 0 Å². The number of sulfone groups is 1. The van der Waals surface area contributed by atoms with E-state index in [-0.39, 0.29) is 0 Å². The lowest BCUT2D eigenvalue weighted by atomic mass is 10.0. The molecule has 2 rings (SSSR count). The van der Waals surface area contributed by atoms with E-state index in [1.54, 1.807) is 12.1 Å². The quantitative estimate of drug-likeness (QED) is 0.912. The van der Waals surface area contributed by atoms with Crippen molar-refractivity contribution < 1.29 is 8.42 Å². The van der Waals surface area contributed by atoms with E-state index in [4.69, 9.17) is 0 Å². The fourth-order valence-electron chi connectivity index (χ4n) is 2.57. The van der Waals surface area contributed by atoms with Gasteiger partial charge in [-0.1, -0.05) is 6.92 Å². The minimum absolute atomic E-state index is 0.386. The highest BCUT2D eigenvalue weighted by atomic mass is 32.2. The second-order valence-corrected chi connectivity index (χ2v) is 7.12. The third-order valence-electron chi connectivity index (χ3n) is 3.54. The lowest BCUT2D eigenvalue weighted by molar-refractivity contribution is 0.431. The standard InChI is InChI=1S/C14H22N2O2S/c1-3-15-12-5-4-10-16(11-12)13-6-8-14(9-7-13)19(2,17)18/h6-9,12,15H,3-5,10-11H2,1-2H3. The molecule has 1 unspecified atom stereocenters. The molecule has 1 aliphatic heterocycles. The lowest BCUT2D eigenvalue weighted by Crippen LogP contribution is -2.45. The van der Waals surface area contributed by atoms with Crippen LogP contribution in [0.15, 0.2) is 29.2 Å². The van der Waals surface area contributed by atoms with E-state index in [1.165, 1.54) is 19.1 Å². The van der Waals surface area contributed by atoms with Crippen LogP contribution < -0.4 is 10.2 Å². The maximum atomic E-state index is 11.4. The van der Waals surface area contributed by atoms with Gasteiger partial charge in [0.05, 0.1) is 4.90 Å². The van der Waals surface area contributed by atoms with Crippen LogP contribution in [0.3, 0.4) is 0 Å². The van der Waals surface area contributed by atoms with E-state index in [1.807, 2.05) is 12.1 Å². The second-order valence-electron chi connectivity index (χ2n) is 5.11. The predicted octanol–water partition coefficient (Wildman–Crippen LogP) is 1.67. The van der Waals surface area contributed by atoms with E-state index in [2.05, 4.69) is 17.1 Å². The Hall–Kier alpha value is -1.07. The summed E-state index contributed by atoms with van der Waals surface area (Å²) in [5.74, 6) is 0. The minimum atomic E-state index is -3.10. The summed E-state index contributed by atoms with van der Waals surface area (Å²) in [6.45, 7) is 5.15.